The number of fused-ring (bicyclic) bond motifs is 1. The summed E-state index contributed by atoms with van der Waals surface area (Å²) >= 11 is 0. The van der Waals surface area contributed by atoms with Crippen LogP contribution in [0, 0.1) is 0 Å². The number of nitrogens with zero attached hydrogens (tertiary/aromatic N) is 3. The van der Waals surface area contributed by atoms with Gasteiger partial charge >= 0.3 is 0 Å². The van der Waals surface area contributed by atoms with Crippen molar-refractivity contribution in [1.29, 1.82) is 0 Å². The summed E-state index contributed by atoms with van der Waals surface area (Å²) in [6, 6.07) is 5.34. The fourth-order valence-corrected chi connectivity index (χ4v) is 1.95. The first kappa shape index (κ1) is 12.2. The van der Waals surface area contributed by atoms with Crippen LogP contribution in [-0.2, 0) is 6.54 Å². The molecule has 0 atom stereocenters. The molecule has 0 fully saturated rings. The van der Waals surface area contributed by atoms with Gasteiger partial charge in [0.25, 0.3) is 0 Å². The average Bonchev–Trinajstić information content (AvgIpc) is 2.95. The van der Waals surface area contributed by atoms with Crippen molar-refractivity contribution in [2.45, 2.75) is 6.54 Å². The van der Waals surface area contributed by atoms with Crippen LogP contribution in [-0.4, -0.2) is 32.2 Å². The third kappa shape index (κ3) is 2.09. The number of hydrogen-bond donors (Lipinski definition) is 3. The maximum atomic E-state index is 10.0. The molecule has 1 aromatic carbocycles. The van der Waals surface area contributed by atoms with Crippen LogP contribution >= 0.6 is 0 Å². The van der Waals surface area contributed by atoms with E-state index in [-0.39, 0.29) is 5.75 Å². The summed E-state index contributed by atoms with van der Waals surface area (Å²) < 4.78 is 5.08. The van der Waals surface area contributed by atoms with Gasteiger partial charge in [-0.2, -0.15) is 0 Å². The van der Waals surface area contributed by atoms with E-state index in [1.54, 1.807) is 12.4 Å². The molecule has 0 spiro atoms. The second kappa shape index (κ2) is 5.04. The fourth-order valence-electron chi connectivity index (χ4n) is 1.95. The largest absolute Gasteiger partial charge is 0.504 e. The van der Waals surface area contributed by atoms with E-state index in [4.69, 9.17) is 4.74 Å². The standard InChI is InChI=1S/C13H13N5O2/c1-20-9-4-2-3-8(11(9)19)5-14-12-10-13(16-6-15-10)18-7-17-12/h2-4,6-7,19H,5H2,1H3,(H2,14,15,16,17,18). The number of methoxy groups -OCH3 is 1. The minimum Gasteiger partial charge on any atom is -0.504 e. The predicted octanol–water partition coefficient (Wildman–Crippen LogP) is 1.68. The maximum Gasteiger partial charge on any atom is 0.182 e. The van der Waals surface area contributed by atoms with Crippen LogP contribution in [0.25, 0.3) is 11.2 Å². The fraction of sp³-hybridized carbons (Fsp3) is 0.154. The van der Waals surface area contributed by atoms with E-state index in [9.17, 15) is 5.11 Å². The molecule has 0 aliphatic rings. The Bertz CT molecular complexity index is 740. The lowest BCUT2D eigenvalue weighted by Gasteiger charge is -2.10. The van der Waals surface area contributed by atoms with Gasteiger partial charge in [-0.3, -0.25) is 0 Å². The van der Waals surface area contributed by atoms with E-state index in [0.717, 1.165) is 11.1 Å². The molecule has 2 aromatic heterocycles. The van der Waals surface area contributed by atoms with E-state index in [2.05, 4.69) is 25.3 Å². The minimum atomic E-state index is 0.123. The van der Waals surface area contributed by atoms with Gasteiger partial charge in [-0.25, -0.2) is 15.0 Å². The van der Waals surface area contributed by atoms with Gasteiger partial charge in [0.05, 0.1) is 13.4 Å². The van der Waals surface area contributed by atoms with Crippen molar-refractivity contribution in [2.24, 2.45) is 0 Å². The van der Waals surface area contributed by atoms with Crippen LogP contribution in [0.2, 0.25) is 0 Å². The summed E-state index contributed by atoms with van der Waals surface area (Å²) in [6.07, 6.45) is 3.00. The number of imidazole rings is 1. The predicted molar refractivity (Wildman–Crippen MR) is 73.7 cm³/mol. The van der Waals surface area contributed by atoms with Gasteiger partial charge in [0.15, 0.2) is 23.0 Å². The summed E-state index contributed by atoms with van der Waals surface area (Å²) in [7, 11) is 1.52. The molecule has 0 saturated heterocycles. The Morgan fingerprint density at radius 2 is 2.20 bits per heavy atom. The summed E-state index contributed by atoms with van der Waals surface area (Å²) in [5, 5.41) is 13.2. The molecule has 102 valence electrons. The molecule has 0 unspecified atom stereocenters. The molecular formula is C13H13N5O2. The summed E-state index contributed by atoms with van der Waals surface area (Å²) in [5.41, 5.74) is 2.04. The molecule has 0 aliphatic heterocycles. The zero-order valence-corrected chi connectivity index (χ0v) is 10.8. The van der Waals surface area contributed by atoms with E-state index in [1.807, 2.05) is 12.1 Å². The maximum absolute atomic E-state index is 10.0. The minimum absolute atomic E-state index is 0.123. The van der Waals surface area contributed by atoms with Crippen LogP contribution in [0.3, 0.4) is 0 Å². The highest BCUT2D eigenvalue weighted by Gasteiger charge is 2.09. The van der Waals surface area contributed by atoms with Crippen molar-refractivity contribution >= 4 is 17.0 Å². The second-order valence-corrected chi connectivity index (χ2v) is 4.14. The topological polar surface area (TPSA) is 96.0 Å². The molecular weight excluding hydrogens is 258 g/mol. The van der Waals surface area contributed by atoms with Crippen molar-refractivity contribution in [1.82, 2.24) is 19.9 Å². The number of rotatable bonds is 4. The molecule has 7 heteroatoms. The molecule has 0 amide bonds. The first-order valence-electron chi connectivity index (χ1n) is 6.02. The number of phenols is 1. The molecule has 0 aliphatic carbocycles. The second-order valence-electron chi connectivity index (χ2n) is 4.14. The van der Waals surface area contributed by atoms with Crippen molar-refractivity contribution in [3.8, 4) is 11.5 Å². The van der Waals surface area contributed by atoms with E-state index in [0.29, 0.717) is 23.8 Å². The lowest BCUT2D eigenvalue weighted by Crippen LogP contribution is -2.03. The first-order chi connectivity index (χ1) is 9.79. The number of benzene rings is 1. The van der Waals surface area contributed by atoms with Crippen LogP contribution in [0.5, 0.6) is 11.5 Å². The van der Waals surface area contributed by atoms with Crippen LogP contribution in [0.1, 0.15) is 5.56 Å². The lowest BCUT2D eigenvalue weighted by molar-refractivity contribution is 0.371. The number of para-hydroxylation sites is 1. The van der Waals surface area contributed by atoms with Gasteiger partial charge in [-0.1, -0.05) is 12.1 Å². The van der Waals surface area contributed by atoms with Gasteiger partial charge in [-0.05, 0) is 6.07 Å². The normalized spacial score (nSPS) is 10.7. The van der Waals surface area contributed by atoms with E-state index in [1.165, 1.54) is 13.4 Å². The molecule has 7 nitrogen and oxygen atoms in total. The Hall–Kier alpha value is -2.83. The zero-order chi connectivity index (χ0) is 13.9. The third-order valence-electron chi connectivity index (χ3n) is 2.97. The van der Waals surface area contributed by atoms with E-state index >= 15 is 0 Å². The lowest BCUT2D eigenvalue weighted by atomic mass is 10.2. The number of phenolic OH excluding ortho intramolecular Hbond substituents is 1. The molecule has 3 N–H and O–H groups in total. The number of aromatic nitrogens is 4. The van der Waals surface area contributed by atoms with Gasteiger partial charge in [0.2, 0.25) is 0 Å². The molecule has 3 aromatic rings. The SMILES string of the molecule is COc1cccc(CNc2ncnc3nc[nH]c23)c1O. The Kier molecular flexibility index (Phi) is 3.08. The van der Waals surface area contributed by atoms with Crippen LogP contribution in [0.15, 0.2) is 30.9 Å². The first-order valence-corrected chi connectivity index (χ1v) is 6.02. The quantitative estimate of drug-likeness (QED) is 0.668. The monoisotopic (exact) mass is 271 g/mol. The third-order valence-corrected chi connectivity index (χ3v) is 2.97. The smallest absolute Gasteiger partial charge is 0.182 e. The van der Waals surface area contributed by atoms with Gasteiger partial charge in [0, 0.05) is 12.1 Å². The van der Waals surface area contributed by atoms with Gasteiger partial charge in [-0.15, -0.1) is 0 Å². The van der Waals surface area contributed by atoms with E-state index < -0.39 is 0 Å². The highest BCUT2D eigenvalue weighted by Crippen LogP contribution is 2.29. The number of aromatic hydroxyl groups is 1. The highest BCUT2D eigenvalue weighted by molar-refractivity contribution is 5.81. The molecule has 20 heavy (non-hydrogen) atoms. The molecule has 2 heterocycles. The number of nitrogens with one attached hydrogen (secondary N) is 2. The van der Waals surface area contributed by atoms with Crippen LogP contribution in [0.4, 0.5) is 5.82 Å². The number of aromatic amines is 1. The summed E-state index contributed by atoms with van der Waals surface area (Å²) in [6.45, 7) is 0.411. The Balaban J connectivity index is 1.85. The molecule has 0 bridgehead atoms. The molecule has 0 saturated carbocycles. The number of ether oxygens (including phenoxy) is 1. The van der Waals surface area contributed by atoms with Crippen molar-refractivity contribution in [2.75, 3.05) is 12.4 Å². The van der Waals surface area contributed by atoms with Gasteiger partial charge in [0.1, 0.15) is 11.8 Å². The Labute approximate surface area is 114 Å². The number of hydrogen-bond acceptors (Lipinski definition) is 6. The molecule has 3 rings (SSSR count). The Morgan fingerprint density at radius 1 is 1.30 bits per heavy atom. The average molecular weight is 271 g/mol. The van der Waals surface area contributed by atoms with Crippen LogP contribution < -0.4 is 10.1 Å². The van der Waals surface area contributed by atoms with Gasteiger partial charge < -0.3 is 20.1 Å². The van der Waals surface area contributed by atoms with Crippen molar-refractivity contribution in [3.05, 3.63) is 36.4 Å². The molecule has 0 radical (unpaired) electrons. The summed E-state index contributed by atoms with van der Waals surface area (Å²) in [4.78, 5) is 15.2. The number of anilines is 1. The zero-order valence-electron chi connectivity index (χ0n) is 10.8. The Morgan fingerprint density at radius 3 is 3.05 bits per heavy atom. The summed E-state index contributed by atoms with van der Waals surface area (Å²) in [5.74, 6) is 1.20. The van der Waals surface area contributed by atoms with Crippen molar-refractivity contribution in [3.63, 3.8) is 0 Å². The van der Waals surface area contributed by atoms with Crippen molar-refractivity contribution < 1.29 is 9.84 Å². The highest BCUT2D eigenvalue weighted by atomic mass is 16.5. The number of H-pyrrole nitrogens is 1.